The Kier molecular flexibility index (Phi) is 5.88. The molecule has 7 heteroatoms. The molecule has 1 aliphatic heterocycles. The SMILES string of the molecule is Cc1ccc(N(C)C)nc1-c1ccc2c(c1)N(Sc1cccc(C(F)(F)F)c1)CCC2. The second-order valence-corrected chi connectivity index (χ2v) is 8.99. The molecule has 0 aliphatic carbocycles. The molecule has 0 amide bonds. The monoisotopic (exact) mass is 443 g/mol. The van der Waals surface area contributed by atoms with Crippen molar-refractivity contribution in [2.75, 3.05) is 29.8 Å². The van der Waals surface area contributed by atoms with Crippen LogP contribution in [0.4, 0.5) is 24.7 Å². The fourth-order valence-corrected chi connectivity index (χ4v) is 4.76. The minimum Gasteiger partial charge on any atom is -0.363 e. The zero-order chi connectivity index (χ0) is 22.2. The van der Waals surface area contributed by atoms with E-state index < -0.39 is 11.7 Å². The molecule has 0 saturated heterocycles. The minimum atomic E-state index is -4.34. The van der Waals surface area contributed by atoms with Crippen molar-refractivity contribution in [2.45, 2.75) is 30.8 Å². The van der Waals surface area contributed by atoms with Gasteiger partial charge in [0.05, 0.1) is 16.9 Å². The number of halogens is 3. The third-order valence-corrected chi connectivity index (χ3v) is 6.42. The highest BCUT2D eigenvalue weighted by Gasteiger charge is 2.30. The maximum atomic E-state index is 13.1. The molecule has 2 aromatic carbocycles. The lowest BCUT2D eigenvalue weighted by Gasteiger charge is -2.30. The Bertz CT molecular complexity index is 1100. The summed E-state index contributed by atoms with van der Waals surface area (Å²) in [6, 6.07) is 15.9. The molecule has 1 aromatic heterocycles. The van der Waals surface area contributed by atoms with Crippen molar-refractivity contribution in [1.29, 1.82) is 0 Å². The van der Waals surface area contributed by atoms with Gasteiger partial charge in [0.2, 0.25) is 0 Å². The van der Waals surface area contributed by atoms with E-state index in [0.29, 0.717) is 4.90 Å². The van der Waals surface area contributed by atoms with Crippen LogP contribution in [0.25, 0.3) is 11.3 Å². The quantitative estimate of drug-likeness (QED) is 0.423. The second kappa shape index (κ2) is 8.46. The summed E-state index contributed by atoms with van der Waals surface area (Å²) < 4.78 is 41.5. The Labute approximate surface area is 185 Å². The molecule has 0 radical (unpaired) electrons. The zero-order valence-corrected chi connectivity index (χ0v) is 18.5. The molecule has 0 bridgehead atoms. The highest BCUT2D eigenvalue weighted by Crippen LogP contribution is 2.40. The lowest BCUT2D eigenvalue weighted by Crippen LogP contribution is -2.22. The average molecular weight is 444 g/mol. The van der Waals surface area contributed by atoms with Crippen LogP contribution >= 0.6 is 11.9 Å². The Morgan fingerprint density at radius 3 is 2.58 bits per heavy atom. The van der Waals surface area contributed by atoms with E-state index in [1.807, 2.05) is 32.0 Å². The molecule has 1 aliphatic rings. The summed E-state index contributed by atoms with van der Waals surface area (Å²) in [4.78, 5) is 7.36. The van der Waals surface area contributed by atoms with E-state index in [4.69, 9.17) is 4.98 Å². The molecular weight excluding hydrogens is 419 g/mol. The minimum absolute atomic E-state index is 0.581. The predicted octanol–water partition coefficient (Wildman–Crippen LogP) is 6.60. The number of pyridine rings is 1. The molecule has 0 saturated carbocycles. The molecule has 0 unspecified atom stereocenters. The smallest absolute Gasteiger partial charge is 0.363 e. The fourth-order valence-electron chi connectivity index (χ4n) is 3.70. The summed E-state index contributed by atoms with van der Waals surface area (Å²) in [5.41, 5.74) is 4.64. The van der Waals surface area contributed by atoms with Gasteiger partial charge in [-0.3, -0.25) is 0 Å². The van der Waals surface area contributed by atoms with Gasteiger partial charge in [-0.05, 0) is 73.2 Å². The Morgan fingerprint density at radius 1 is 1.03 bits per heavy atom. The van der Waals surface area contributed by atoms with Crippen molar-refractivity contribution in [3.63, 3.8) is 0 Å². The van der Waals surface area contributed by atoms with Crippen LogP contribution in [-0.4, -0.2) is 25.6 Å². The first kappa shape index (κ1) is 21.6. The number of alkyl halides is 3. The summed E-state index contributed by atoms with van der Waals surface area (Å²) in [7, 11) is 3.92. The van der Waals surface area contributed by atoms with Crippen molar-refractivity contribution < 1.29 is 13.2 Å². The van der Waals surface area contributed by atoms with Crippen LogP contribution in [0, 0.1) is 6.92 Å². The fraction of sp³-hybridized carbons (Fsp3) is 0.292. The molecule has 2 heterocycles. The van der Waals surface area contributed by atoms with Crippen LogP contribution < -0.4 is 9.21 Å². The van der Waals surface area contributed by atoms with E-state index in [2.05, 4.69) is 28.6 Å². The van der Waals surface area contributed by atoms with E-state index in [0.717, 1.165) is 53.8 Å². The number of aromatic nitrogens is 1. The standard InChI is InChI=1S/C24H24F3N3S/c1-16-9-12-22(29(2)3)28-23(16)18-11-10-17-6-5-13-30(21(17)14-18)31-20-8-4-7-19(15-20)24(25,26)27/h4,7-12,14-15H,5-6,13H2,1-3H3. The van der Waals surface area contributed by atoms with E-state index in [1.165, 1.54) is 29.6 Å². The molecule has 0 spiro atoms. The van der Waals surface area contributed by atoms with Crippen molar-refractivity contribution in [3.8, 4) is 11.3 Å². The highest BCUT2D eigenvalue weighted by molar-refractivity contribution is 8.00. The van der Waals surface area contributed by atoms with Gasteiger partial charge in [-0.2, -0.15) is 13.2 Å². The van der Waals surface area contributed by atoms with Crippen molar-refractivity contribution in [1.82, 2.24) is 4.98 Å². The van der Waals surface area contributed by atoms with Crippen molar-refractivity contribution in [2.24, 2.45) is 0 Å². The molecule has 0 atom stereocenters. The van der Waals surface area contributed by atoms with Gasteiger partial charge < -0.3 is 9.21 Å². The Hall–Kier alpha value is -2.67. The van der Waals surface area contributed by atoms with Gasteiger partial charge in [-0.1, -0.05) is 24.3 Å². The van der Waals surface area contributed by atoms with Crippen LogP contribution in [0.1, 0.15) is 23.1 Å². The van der Waals surface area contributed by atoms with Gasteiger partial charge in [0.1, 0.15) is 5.82 Å². The highest BCUT2D eigenvalue weighted by atomic mass is 32.2. The molecule has 31 heavy (non-hydrogen) atoms. The average Bonchev–Trinajstić information content (AvgIpc) is 2.73. The maximum absolute atomic E-state index is 13.1. The number of hydrogen-bond donors (Lipinski definition) is 0. The van der Waals surface area contributed by atoms with Crippen LogP contribution in [0.5, 0.6) is 0 Å². The number of rotatable bonds is 4. The summed E-state index contributed by atoms with van der Waals surface area (Å²) in [5, 5.41) is 0. The van der Waals surface area contributed by atoms with Gasteiger partial charge in [0, 0.05) is 31.1 Å². The summed E-state index contributed by atoms with van der Waals surface area (Å²) in [6.07, 6.45) is -2.42. The topological polar surface area (TPSA) is 19.4 Å². The molecule has 0 N–H and O–H groups in total. The summed E-state index contributed by atoms with van der Waals surface area (Å²) in [5.74, 6) is 0.883. The number of aryl methyl sites for hydroxylation is 2. The van der Waals surface area contributed by atoms with Crippen LogP contribution in [0.15, 0.2) is 59.5 Å². The summed E-state index contributed by atoms with van der Waals surface area (Å²) in [6.45, 7) is 2.82. The first-order valence-electron chi connectivity index (χ1n) is 10.1. The third kappa shape index (κ3) is 4.66. The lowest BCUT2D eigenvalue weighted by atomic mass is 9.98. The van der Waals surface area contributed by atoms with E-state index in [9.17, 15) is 13.2 Å². The molecule has 0 fully saturated rings. The maximum Gasteiger partial charge on any atom is 0.416 e. The molecule has 162 valence electrons. The van der Waals surface area contributed by atoms with E-state index >= 15 is 0 Å². The normalized spacial score (nSPS) is 13.8. The predicted molar refractivity (Wildman–Crippen MR) is 122 cm³/mol. The van der Waals surface area contributed by atoms with Gasteiger partial charge >= 0.3 is 6.18 Å². The zero-order valence-electron chi connectivity index (χ0n) is 17.7. The van der Waals surface area contributed by atoms with Gasteiger partial charge in [0.25, 0.3) is 0 Å². The largest absolute Gasteiger partial charge is 0.416 e. The number of benzene rings is 2. The van der Waals surface area contributed by atoms with E-state index in [-0.39, 0.29) is 0 Å². The first-order valence-corrected chi connectivity index (χ1v) is 10.9. The molecule has 4 rings (SSSR count). The lowest BCUT2D eigenvalue weighted by molar-refractivity contribution is -0.137. The molecule has 3 nitrogen and oxygen atoms in total. The second-order valence-electron chi connectivity index (χ2n) is 7.90. The van der Waals surface area contributed by atoms with Crippen molar-refractivity contribution >= 4 is 23.5 Å². The number of fused-ring (bicyclic) bond motifs is 1. The third-order valence-electron chi connectivity index (χ3n) is 5.35. The first-order chi connectivity index (χ1) is 14.7. The molecular formula is C24H24F3N3S. The number of anilines is 2. The van der Waals surface area contributed by atoms with Gasteiger partial charge in [0.15, 0.2) is 0 Å². The van der Waals surface area contributed by atoms with Crippen molar-refractivity contribution in [3.05, 3.63) is 71.3 Å². The van der Waals surface area contributed by atoms with Crippen LogP contribution in [0.2, 0.25) is 0 Å². The number of hydrogen-bond acceptors (Lipinski definition) is 4. The van der Waals surface area contributed by atoms with Gasteiger partial charge in [-0.15, -0.1) is 0 Å². The summed E-state index contributed by atoms with van der Waals surface area (Å²) >= 11 is 1.36. The Balaban J connectivity index is 1.69. The number of nitrogens with zero attached hydrogens (tertiary/aromatic N) is 3. The van der Waals surface area contributed by atoms with Crippen LogP contribution in [-0.2, 0) is 12.6 Å². The Morgan fingerprint density at radius 2 is 1.84 bits per heavy atom. The van der Waals surface area contributed by atoms with Gasteiger partial charge in [-0.25, -0.2) is 4.98 Å². The van der Waals surface area contributed by atoms with Crippen LogP contribution in [0.3, 0.4) is 0 Å². The van der Waals surface area contributed by atoms with E-state index in [1.54, 1.807) is 6.07 Å². The molecule has 3 aromatic rings.